The van der Waals surface area contributed by atoms with Gasteiger partial charge in [0.25, 0.3) is 5.91 Å². The molecule has 3 aromatic rings. The minimum absolute atomic E-state index is 0.165. The normalized spacial score (nSPS) is 17.3. The lowest BCUT2D eigenvalue weighted by molar-refractivity contribution is 0.0940. The summed E-state index contributed by atoms with van der Waals surface area (Å²) in [6.07, 6.45) is 5.88. The van der Waals surface area contributed by atoms with E-state index in [9.17, 15) is 4.79 Å². The van der Waals surface area contributed by atoms with Gasteiger partial charge >= 0.3 is 0 Å². The molecule has 0 bridgehead atoms. The van der Waals surface area contributed by atoms with Gasteiger partial charge in [-0.2, -0.15) is 5.10 Å². The van der Waals surface area contributed by atoms with Gasteiger partial charge < -0.3 is 14.6 Å². The molecule has 130 valence electrons. The van der Waals surface area contributed by atoms with Crippen LogP contribution in [0.2, 0.25) is 0 Å². The smallest absolute Gasteiger partial charge is 0.255 e. The maximum absolute atomic E-state index is 12.5. The highest BCUT2D eigenvalue weighted by Gasteiger charge is 2.17. The molecule has 0 aliphatic carbocycles. The Kier molecular flexibility index (Phi) is 4.01. The van der Waals surface area contributed by atoms with Crippen LogP contribution in [0.5, 0.6) is 0 Å². The van der Waals surface area contributed by atoms with Crippen LogP contribution in [-0.4, -0.2) is 37.9 Å². The fourth-order valence-electron chi connectivity index (χ4n) is 3.19. The molecule has 7 heteroatoms. The van der Waals surface area contributed by atoms with Gasteiger partial charge in [-0.25, -0.2) is 4.98 Å². The van der Waals surface area contributed by atoms with E-state index in [2.05, 4.69) is 15.4 Å². The van der Waals surface area contributed by atoms with Crippen LogP contribution >= 0.6 is 0 Å². The molecule has 1 N–H and O–H groups in total. The Morgan fingerprint density at radius 3 is 3.12 bits per heavy atom. The summed E-state index contributed by atoms with van der Waals surface area (Å²) in [7, 11) is 1.97. The van der Waals surface area contributed by atoms with E-state index in [1.807, 2.05) is 47.6 Å². The van der Waals surface area contributed by atoms with Crippen molar-refractivity contribution in [3.8, 4) is 0 Å². The molecule has 25 heavy (non-hydrogen) atoms. The van der Waals surface area contributed by atoms with E-state index >= 15 is 0 Å². The number of benzene rings is 1. The third kappa shape index (κ3) is 3.15. The van der Waals surface area contributed by atoms with E-state index < -0.39 is 0 Å². The Labute approximate surface area is 145 Å². The van der Waals surface area contributed by atoms with Crippen molar-refractivity contribution < 1.29 is 9.53 Å². The summed E-state index contributed by atoms with van der Waals surface area (Å²) in [6, 6.07) is 5.55. The summed E-state index contributed by atoms with van der Waals surface area (Å²) >= 11 is 0. The predicted molar refractivity (Wildman–Crippen MR) is 94.6 cm³/mol. The highest BCUT2D eigenvalue weighted by atomic mass is 16.5. The van der Waals surface area contributed by atoms with Crippen LogP contribution in [0.15, 0.2) is 30.6 Å². The number of rotatable bonds is 4. The zero-order valence-corrected chi connectivity index (χ0v) is 14.4. The number of nitrogens with zero attached hydrogens (tertiary/aromatic N) is 4. The Bertz CT molecular complexity index is 921. The molecule has 1 aliphatic heterocycles. The van der Waals surface area contributed by atoms with Crippen molar-refractivity contribution in [1.82, 2.24) is 19.3 Å². The van der Waals surface area contributed by atoms with Crippen molar-refractivity contribution in [2.75, 3.05) is 11.9 Å². The molecule has 1 unspecified atom stereocenters. The largest absolute Gasteiger partial charge is 0.376 e. The van der Waals surface area contributed by atoms with E-state index in [0.717, 1.165) is 42.9 Å². The molecule has 0 spiro atoms. The van der Waals surface area contributed by atoms with Gasteiger partial charge in [0.05, 0.1) is 35.6 Å². The molecule has 0 saturated carbocycles. The number of hydrogen-bond acceptors (Lipinski definition) is 4. The number of anilines is 1. The van der Waals surface area contributed by atoms with Crippen molar-refractivity contribution in [2.45, 2.75) is 32.4 Å². The van der Waals surface area contributed by atoms with Crippen molar-refractivity contribution in [3.63, 3.8) is 0 Å². The number of carbonyl (C=O) groups excluding carboxylic acids is 1. The summed E-state index contributed by atoms with van der Waals surface area (Å²) in [5.74, 6) is 0.754. The predicted octanol–water partition coefficient (Wildman–Crippen LogP) is 2.51. The Hall–Kier alpha value is -2.67. The highest BCUT2D eigenvalue weighted by Crippen LogP contribution is 2.18. The fraction of sp³-hybridized carbons (Fsp3) is 0.389. The lowest BCUT2D eigenvalue weighted by atomic mass is 10.2. The number of carbonyl (C=O) groups is 1. The molecule has 4 rings (SSSR count). The lowest BCUT2D eigenvalue weighted by Gasteiger charge is -2.08. The Morgan fingerprint density at radius 1 is 1.44 bits per heavy atom. The monoisotopic (exact) mass is 339 g/mol. The first-order valence-electron chi connectivity index (χ1n) is 8.48. The van der Waals surface area contributed by atoms with Crippen LogP contribution in [0.1, 0.15) is 29.0 Å². The molecular weight excluding hydrogens is 318 g/mol. The molecule has 1 aromatic carbocycles. The maximum Gasteiger partial charge on any atom is 0.255 e. The first-order chi connectivity index (χ1) is 12.1. The fourth-order valence-corrected chi connectivity index (χ4v) is 3.19. The molecule has 1 aliphatic rings. The van der Waals surface area contributed by atoms with Crippen LogP contribution in [0.25, 0.3) is 11.0 Å². The SMILES string of the molecule is Cc1nc2cc(C(=O)Nc3cnn(CC4CCCO4)c3)ccc2n1C. The van der Waals surface area contributed by atoms with Crippen molar-refractivity contribution in [1.29, 1.82) is 0 Å². The molecule has 1 amide bonds. The standard InChI is InChI=1S/C18H21N5O2/c1-12-20-16-8-13(5-6-17(16)22(12)2)18(24)21-14-9-19-23(10-14)11-15-4-3-7-25-15/h5-6,8-10,15H,3-4,7,11H2,1-2H3,(H,21,24). The molecule has 1 saturated heterocycles. The molecule has 0 radical (unpaired) electrons. The summed E-state index contributed by atoms with van der Waals surface area (Å²) < 4.78 is 9.43. The number of aryl methyl sites for hydroxylation is 2. The second kappa shape index (κ2) is 6.33. The molecule has 1 atom stereocenters. The van der Waals surface area contributed by atoms with Gasteiger partial charge in [-0.3, -0.25) is 9.48 Å². The first kappa shape index (κ1) is 15.8. The average molecular weight is 339 g/mol. The number of nitrogens with one attached hydrogen (secondary N) is 1. The molecule has 1 fully saturated rings. The number of aromatic nitrogens is 4. The van der Waals surface area contributed by atoms with Gasteiger partial charge in [0.1, 0.15) is 5.82 Å². The second-order valence-electron chi connectivity index (χ2n) is 6.46. The quantitative estimate of drug-likeness (QED) is 0.792. The number of hydrogen-bond donors (Lipinski definition) is 1. The van der Waals surface area contributed by atoms with Crippen molar-refractivity contribution >= 4 is 22.6 Å². The number of fused-ring (bicyclic) bond motifs is 1. The van der Waals surface area contributed by atoms with E-state index in [0.29, 0.717) is 11.3 Å². The average Bonchev–Trinajstić information content (AvgIpc) is 3.31. The van der Waals surface area contributed by atoms with E-state index in [1.54, 1.807) is 6.20 Å². The molecule has 2 aromatic heterocycles. The number of imidazole rings is 1. The zero-order chi connectivity index (χ0) is 17.4. The Morgan fingerprint density at radius 2 is 2.32 bits per heavy atom. The minimum atomic E-state index is -0.165. The summed E-state index contributed by atoms with van der Waals surface area (Å²) in [6.45, 7) is 3.49. The van der Waals surface area contributed by atoms with Gasteiger partial charge in [-0.05, 0) is 38.0 Å². The lowest BCUT2D eigenvalue weighted by Crippen LogP contribution is -2.15. The summed E-state index contributed by atoms with van der Waals surface area (Å²) in [5, 5.41) is 7.19. The van der Waals surface area contributed by atoms with Gasteiger partial charge in [0.2, 0.25) is 0 Å². The first-order valence-corrected chi connectivity index (χ1v) is 8.48. The van der Waals surface area contributed by atoms with Crippen LogP contribution in [0.3, 0.4) is 0 Å². The van der Waals surface area contributed by atoms with Crippen LogP contribution in [-0.2, 0) is 18.3 Å². The number of amides is 1. The van der Waals surface area contributed by atoms with E-state index in [1.165, 1.54) is 0 Å². The van der Waals surface area contributed by atoms with Crippen LogP contribution < -0.4 is 5.32 Å². The third-order valence-electron chi connectivity index (χ3n) is 4.67. The zero-order valence-electron chi connectivity index (χ0n) is 14.4. The third-order valence-corrected chi connectivity index (χ3v) is 4.67. The van der Waals surface area contributed by atoms with Gasteiger partial charge in [0.15, 0.2) is 0 Å². The summed E-state index contributed by atoms with van der Waals surface area (Å²) in [5.41, 5.74) is 3.10. The van der Waals surface area contributed by atoms with Crippen LogP contribution in [0.4, 0.5) is 5.69 Å². The summed E-state index contributed by atoms with van der Waals surface area (Å²) in [4.78, 5) is 17.0. The maximum atomic E-state index is 12.5. The van der Waals surface area contributed by atoms with Gasteiger partial charge in [-0.1, -0.05) is 0 Å². The van der Waals surface area contributed by atoms with Gasteiger partial charge in [0, 0.05) is 25.4 Å². The van der Waals surface area contributed by atoms with Crippen LogP contribution in [0, 0.1) is 6.92 Å². The van der Waals surface area contributed by atoms with Crippen molar-refractivity contribution in [3.05, 3.63) is 42.0 Å². The topological polar surface area (TPSA) is 74.0 Å². The number of ether oxygens (including phenoxy) is 1. The molecule has 7 nitrogen and oxygen atoms in total. The molecular formula is C18H21N5O2. The van der Waals surface area contributed by atoms with E-state index in [4.69, 9.17) is 4.74 Å². The Balaban J connectivity index is 1.47. The minimum Gasteiger partial charge on any atom is -0.376 e. The van der Waals surface area contributed by atoms with Gasteiger partial charge in [-0.15, -0.1) is 0 Å². The highest BCUT2D eigenvalue weighted by molar-refractivity contribution is 6.05. The van der Waals surface area contributed by atoms with E-state index in [-0.39, 0.29) is 12.0 Å². The second-order valence-corrected chi connectivity index (χ2v) is 6.46. The molecule has 3 heterocycles. The van der Waals surface area contributed by atoms with Crippen molar-refractivity contribution in [2.24, 2.45) is 7.05 Å².